The first-order valence-electron chi connectivity index (χ1n) is 10.8. The number of nitrogens with one attached hydrogen (secondary N) is 1. The second-order valence-corrected chi connectivity index (χ2v) is 9.61. The first-order chi connectivity index (χ1) is 15.4. The van der Waals surface area contributed by atoms with E-state index in [1.165, 1.54) is 4.90 Å². The number of benzene rings is 2. The molecule has 1 aliphatic carbocycles. The first-order valence-corrected chi connectivity index (χ1v) is 12.3. The minimum absolute atomic E-state index is 0.123. The molecule has 0 radical (unpaired) electrons. The van der Waals surface area contributed by atoms with Gasteiger partial charge < -0.3 is 15.0 Å². The molecule has 2 aromatic rings. The van der Waals surface area contributed by atoms with E-state index in [4.69, 9.17) is 27.9 Å². The molecule has 3 rings (SSSR count). The van der Waals surface area contributed by atoms with Gasteiger partial charge in [-0.1, -0.05) is 65.0 Å². The molecule has 0 aromatic heterocycles. The smallest absolute Gasteiger partial charge is 0.261 e. The predicted molar refractivity (Wildman–Crippen MR) is 131 cm³/mol. The predicted octanol–water partition coefficient (Wildman–Crippen LogP) is 6.00. The Hall–Kier alpha value is -1.76. The van der Waals surface area contributed by atoms with Crippen molar-refractivity contribution in [3.63, 3.8) is 0 Å². The van der Waals surface area contributed by atoms with E-state index < -0.39 is 6.04 Å². The molecule has 8 heteroatoms. The van der Waals surface area contributed by atoms with Crippen molar-refractivity contribution in [2.45, 2.75) is 57.7 Å². The Kier molecular flexibility index (Phi) is 9.26. The third-order valence-corrected chi connectivity index (χ3v) is 6.89. The molecule has 1 aliphatic rings. The van der Waals surface area contributed by atoms with Crippen molar-refractivity contribution >= 4 is 50.9 Å². The van der Waals surface area contributed by atoms with Gasteiger partial charge in [-0.15, -0.1) is 0 Å². The van der Waals surface area contributed by atoms with Gasteiger partial charge in [-0.25, -0.2) is 0 Å². The van der Waals surface area contributed by atoms with Crippen LogP contribution in [-0.2, 0) is 16.1 Å². The van der Waals surface area contributed by atoms with Gasteiger partial charge in [0.05, 0.1) is 0 Å². The molecule has 0 saturated heterocycles. The molecule has 0 bridgehead atoms. The SMILES string of the molecule is CCC(C(=O)NC1CCCC1)N(Cc1c(Cl)cccc1Cl)C(=O)COc1ccc(Br)cc1. The number of ether oxygens (including phenoxy) is 1. The molecule has 1 N–H and O–H groups in total. The van der Waals surface area contributed by atoms with Crippen LogP contribution in [0.3, 0.4) is 0 Å². The molecule has 2 aromatic carbocycles. The van der Waals surface area contributed by atoms with E-state index in [-0.39, 0.29) is 31.0 Å². The highest BCUT2D eigenvalue weighted by Gasteiger charge is 2.31. The zero-order chi connectivity index (χ0) is 23.1. The minimum Gasteiger partial charge on any atom is -0.484 e. The zero-order valence-electron chi connectivity index (χ0n) is 18.0. The van der Waals surface area contributed by atoms with Crippen LogP contribution >= 0.6 is 39.1 Å². The number of carbonyl (C=O) groups excluding carboxylic acids is 2. The molecule has 1 unspecified atom stereocenters. The van der Waals surface area contributed by atoms with Gasteiger partial charge in [-0.05, 0) is 55.7 Å². The summed E-state index contributed by atoms with van der Waals surface area (Å²) >= 11 is 16.1. The van der Waals surface area contributed by atoms with Gasteiger partial charge >= 0.3 is 0 Å². The molecule has 5 nitrogen and oxygen atoms in total. The highest BCUT2D eigenvalue weighted by atomic mass is 79.9. The van der Waals surface area contributed by atoms with E-state index in [2.05, 4.69) is 21.2 Å². The lowest BCUT2D eigenvalue weighted by molar-refractivity contribution is -0.143. The Balaban J connectivity index is 1.80. The molecule has 0 aliphatic heterocycles. The summed E-state index contributed by atoms with van der Waals surface area (Å²) in [5.74, 6) is 0.109. The van der Waals surface area contributed by atoms with E-state index in [0.717, 1.165) is 30.2 Å². The van der Waals surface area contributed by atoms with E-state index >= 15 is 0 Å². The van der Waals surface area contributed by atoms with Crippen LogP contribution in [0, 0.1) is 0 Å². The monoisotopic (exact) mass is 540 g/mol. The fraction of sp³-hybridized carbons (Fsp3) is 0.417. The van der Waals surface area contributed by atoms with Crippen LogP contribution in [0.4, 0.5) is 0 Å². The second kappa shape index (κ2) is 11.9. The molecule has 0 heterocycles. The molecule has 32 heavy (non-hydrogen) atoms. The van der Waals surface area contributed by atoms with Crippen LogP contribution in [0.2, 0.25) is 10.0 Å². The largest absolute Gasteiger partial charge is 0.484 e. The van der Waals surface area contributed by atoms with Gasteiger partial charge in [0, 0.05) is 32.7 Å². The highest BCUT2D eigenvalue weighted by Crippen LogP contribution is 2.27. The van der Waals surface area contributed by atoms with Crippen LogP contribution in [0.1, 0.15) is 44.6 Å². The molecular weight excluding hydrogens is 515 g/mol. The minimum atomic E-state index is -0.649. The lowest BCUT2D eigenvalue weighted by atomic mass is 10.1. The van der Waals surface area contributed by atoms with Crippen LogP contribution in [0.5, 0.6) is 5.75 Å². The van der Waals surface area contributed by atoms with Gasteiger partial charge in [0.2, 0.25) is 5.91 Å². The number of rotatable bonds is 9. The summed E-state index contributed by atoms with van der Waals surface area (Å²) in [6.07, 6.45) is 4.63. The molecular formula is C24H27BrCl2N2O3. The summed E-state index contributed by atoms with van der Waals surface area (Å²) in [6, 6.07) is 11.9. The Morgan fingerprint density at radius 3 is 2.34 bits per heavy atom. The summed E-state index contributed by atoms with van der Waals surface area (Å²) in [4.78, 5) is 27.9. The topological polar surface area (TPSA) is 58.6 Å². The van der Waals surface area contributed by atoms with Gasteiger partial charge in [0.25, 0.3) is 5.91 Å². The number of halogens is 3. The van der Waals surface area contributed by atoms with E-state index in [9.17, 15) is 9.59 Å². The van der Waals surface area contributed by atoms with Crippen molar-refractivity contribution in [1.29, 1.82) is 0 Å². The Bertz CT molecular complexity index is 913. The van der Waals surface area contributed by atoms with Gasteiger partial charge in [0.15, 0.2) is 6.61 Å². The van der Waals surface area contributed by atoms with Crippen molar-refractivity contribution in [3.8, 4) is 5.75 Å². The Morgan fingerprint density at radius 1 is 1.12 bits per heavy atom. The van der Waals surface area contributed by atoms with Gasteiger partial charge in [0.1, 0.15) is 11.8 Å². The number of nitrogens with zero attached hydrogens (tertiary/aromatic N) is 1. The maximum atomic E-state index is 13.3. The zero-order valence-corrected chi connectivity index (χ0v) is 21.0. The molecule has 1 atom stereocenters. The molecule has 1 fully saturated rings. The van der Waals surface area contributed by atoms with Crippen molar-refractivity contribution < 1.29 is 14.3 Å². The maximum Gasteiger partial charge on any atom is 0.261 e. The summed E-state index contributed by atoms with van der Waals surface area (Å²) < 4.78 is 6.62. The molecule has 0 spiro atoms. The highest BCUT2D eigenvalue weighted by molar-refractivity contribution is 9.10. The van der Waals surface area contributed by atoms with E-state index in [1.807, 2.05) is 19.1 Å². The summed E-state index contributed by atoms with van der Waals surface area (Å²) in [5.41, 5.74) is 0.611. The summed E-state index contributed by atoms with van der Waals surface area (Å²) in [6.45, 7) is 1.82. The van der Waals surface area contributed by atoms with Crippen LogP contribution < -0.4 is 10.1 Å². The number of carbonyl (C=O) groups is 2. The lowest BCUT2D eigenvalue weighted by Crippen LogP contribution is -2.52. The van der Waals surface area contributed by atoms with Gasteiger partial charge in [-0.3, -0.25) is 9.59 Å². The molecule has 2 amide bonds. The third kappa shape index (κ3) is 6.63. The molecule has 1 saturated carbocycles. The standard InChI is InChI=1S/C24H27BrCl2N2O3/c1-2-22(24(31)28-17-6-3-4-7-17)29(14-19-20(26)8-5-9-21(19)27)23(30)15-32-18-12-10-16(25)11-13-18/h5,8-13,17,22H,2-4,6-7,14-15H2,1H3,(H,28,31). The number of hydrogen-bond acceptors (Lipinski definition) is 3. The van der Waals surface area contributed by atoms with E-state index in [0.29, 0.717) is 27.8 Å². The van der Waals surface area contributed by atoms with Crippen LogP contribution in [-0.4, -0.2) is 35.4 Å². The van der Waals surface area contributed by atoms with Crippen LogP contribution in [0.25, 0.3) is 0 Å². The maximum absolute atomic E-state index is 13.3. The summed E-state index contributed by atoms with van der Waals surface area (Å²) in [5, 5.41) is 4.02. The first kappa shape index (κ1) is 24.9. The van der Waals surface area contributed by atoms with E-state index in [1.54, 1.807) is 30.3 Å². The second-order valence-electron chi connectivity index (χ2n) is 7.88. The number of hydrogen-bond donors (Lipinski definition) is 1. The average molecular weight is 542 g/mol. The fourth-order valence-corrected chi connectivity index (χ4v) is 4.68. The average Bonchev–Trinajstić information content (AvgIpc) is 3.28. The third-order valence-electron chi connectivity index (χ3n) is 5.65. The quantitative estimate of drug-likeness (QED) is 0.423. The van der Waals surface area contributed by atoms with Gasteiger partial charge in [-0.2, -0.15) is 0 Å². The lowest BCUT2D eigenvalue weighted by Gasteiger charge is -2.32. The number of amides is 2. The van der Waals surface area contributed by atoms with Crippen molar-refractivity contribution in [3.05, 3.63) is 62.5 Å². The summed E-state index contributed by atoms with van der Waals surface area (Å²) in [7, 11) is 0. The molecule has 172 valence electrons. The van der Waals surface area contributed by atoms with Crippen molar-refractivity contribution in [2.24, 2.45) is 0 Å². The fourth-order valence-electron chi connectivity index (χ4n) is 3.90. The van der Waals surface area contributed by atoms with Crippen LogP contribution in [0.15, 0.2) is 46.9 Å². The Morgan fingerprint density at radius 2 is 1.75 bits per heavy atom. The van der Waals surface area contributed by atoms with Crippen molar-refractivity contribution in [1.82, 2.24) is 10.2 Å². The normalized spacial score (nSPS) is 14.8. The Labute approximate surface area is 207 Å². The van der Waals surface area contributed by atoms with Crippen molar-refractivity contribution in [2.75, 3.05) is 6.61 Å².